The van der Waals surface area contributed by atoms with Crippen LogP contribution in [0.2, 0.25) is 0 Å². The van der Waals surface area contributed by atoms with Gasteiger partial charge in [0.05, 0.1) is 0 Å². The first-order chi connectivity index (χ1) is 6.22. The molecule has 1 atom stereocenters. The molecule has 0 aliphatic heterocycles. The molecule has 0 fully saturated rings. The lowest BCUT2D eigenvalue weighted by molar-refractivity contribution is -0.130. The summed E-state index contributed by atoms with van der Waals surface area (Å²) in [5.41, 5.74) is 7.95. The Balaban J connectivity index is 3.42. The summed E-state index contributed by atoms with van der Waals surface area (Å²) in [6.07, 6.45) is 0.214. The Labute approximate surface area is 76.9 Å². The van der Waals surface area contributed by atoms with Gasteiger partial charge < -0.3 is 10.1 Å². The van der Waals surface area contributed by atoms with E-state index in [1.54, 1.807) is 6.92 Å². The highest BCUT2D eigenvalue weighted by atomic mass is 16.5. The molecule has 6 nitrogen and oxygen atoms in total. The Bertz CT molecular complexity index is 201. The average molecular weight is 186 g/mol. The first-order valence-corrected chi connectivity index (χ1v) is 4.03. The third-order valence-electron chi connectivity index (χ3n) is 1.52. The van der Waals surface area contributed by atoms with Crippen molar-refractivity contribution in [3.63, 3.8) is 0 Å². The third-order valence-corrected chi connectivity index (χ3v) is 1.52. The molecule has 0 saturated carbocycles. The number of methoxy groups -OCH3 is 1. The Morgan fingerprint density at radius 3 is 3.00 bits per heavy atom. The molecule has 0 rings (SSSR count). The molecule has 0 aromatic carbocycles. The number of carbonyl (C=O) groups excluding carboxylic acids is 1. The fraction of sp³-hybridized carbons (Fsp3) is 0.857. The number of nitrogens with zero attached hydrogens (tertiary/aromatic N) is 3. The van der Waals surface area contributed by atoms with Gasteiger partial charge in [0.25, 0.3) is 0 Å². The second kappa shape index (κ2) is 7.39. The minimum atomic E-state index is -0.431. The van der Waals surface area contributed by atoms with Crippen LogP contribution in [0.15, 0.2) is 5.11 Å². The third kappa shape index (κ3) is 5.95. The van der Waals surface area contributed by atoms with Crippen molar-refractivity contribution in [3.8, 4) is 0 Å². The molecule has 0 aromatic rings. The standard InChI is InChI=1S/C7H14N4O2/c1-6(13-2)7(12)9-4-3-5-10-11-8/h6H,3-5H2,1-2H3,(H,9,12). The van der Waals surface area contributed by atoms with Gasteiger partial charge in [0.1, 0.15) is 6.10 Å². The van der Waals surface area contributed by atoms with Crippen LogP contribution < -0.4 is 5.32 Å². The molecule has 74 valence electrons. The van der Waals surface area contributed by atoms with Crippen LogP contribution in [0.1, 0.15) is 13.3 Å². The molecule has 6 heteroatoms. The minimum absolute atomic E-state index is 0.150. The van der Waals surface area contributed by atoms with Gasteiger partial charge in [-0.25, -0.2) is 0 Å². The van der Waals surface area contributed by atoms with Crippen LogP contribution in [-0.2, 0) is 9.53 Å². The van der Waals surface area contributed by atoms with Crippen LogP contribution >= 0.6 is 0 Å². The number of nitrogens with one attached hydrogen (secondary N) is 1. The van der Waals surface area contributed by atoms with E-state index in [1.165, 1.54) is 7.11 Å². The SMILES string of the molecule is COC(C)C(=O)NCCCN=[N+]=[N-]. The summed E-state index contributed by atoms with van der Waals surface area (Å²) in [7, 11) is 1.48. The molecule has 0 aliphatic rings. The summed E-state index contributed by atoms with van der Waals surface area (Å²) in [6.45, 7) is 2.58. The van der Waals surface area contributed by atoms with Gasteiger partial charge in [-0.05, 0) is 18.9 Å². The van der Waals surface area contributed by atoms with Crippen molar-refractivity contribution in [2.24, 2.45) is 5.11 Å². The van der Waals surface area contributed by atoms with E-state index in [1.807, 2.05) is 0 Å². The Hall–Kier alpha value is -1.26. The van der Waals surface area contributed by atoms with Gasteiger partial charge in [-0.3, -0.25) is 4.79 Å². The van der Waals surface area contributed by atoms with Crippen molar-refractivity contribution < 1.29 is 9.53 Å². The molecule has 1 N–H and O–H groups in total. The summed E-state index contributed by atoms with van der Waals surface area (Å²) in [6, 6.07) is 0. The maximum atomic E-state index is 11.1. The maximum Gasteiger partial charge on any atom is 0.248 e. The molecule has 0 aliphatic carbocycles. The van der Waals surface area contributed by atoms with E-state index in [0.717, 1.165) is 0 Å². The lowest BCUT2D eigenvalue weighted by Crippen LogP contribution is -2.34. The molecule has 0 saturated heterocycles. The van der Waals surface area contributed by atoms with E-state index in [9.17, 15) is 4.79 Å². The van der Waals surface area contributed by atoms with Gasteiger partial charge >= 0.3 is 0 Å². The summed E-state index contributed by atoms with van der Waals surface area (Å²) in [5.74, 6) is -0.150. The van der Waals surface area contributed by atoms with Gasteiger partial charge in [0, 0.05) is 25.1 Å². The van der Waals surface area contributed by atoms with Crippen molar-refractivity contribution in [3.05, 3.63) is 10.4 Å². The summed E-state index contributed by atoms with van der Waals surface area (Å²) in [5, 5.41) is 5.98. The second-order valence-corrected chi connectivity index (χ2v) is 2.48. The second-order valence-electron chi connectivity index (χ2n) is 2.48. The lowest BCUT2D eigenvalue weighted by atomic mass is 10.3. The van der Waals surface area contributed by atoms with Gasteiger partial charge in [-0.1, -0.05) is 5.11 Å². The van der Waals surface area contributed by atoms with Gasteiger partial charge in [-0.2, -0.15) is 0 Å². The molecule has 0 bridgehead atoms. The molecule has 1 unspecified atom stereocenters. The topological polar surface area (TPSA) is 87.1 Å². The summed E-state index contributed by atoms with van der Waals surface area (Å²) < 4.78 is 4.80. The van der Waals surface area contributed by atoms with Crippen LogP contribution in [0.3, 0.4) is 0 Å². The van der Waals surface area contributed by atoms with E-state index in [4.69, 9.17) is 10.3 Å². The van der Waals surface area contributed by atoms with E-state index in [0.29, 0.717) is 19.5 Å². The van der Waals surface area contributed by atoms with Gasteiger partial charge in [0.15, 0.2) is 0 Å². The number of amides is 1. The highest BCUT2D eigenvalue weighted by Crippen LogP contribution is 1.87. The Morgan fingerprint density at radius 1 is 1.77 bits per heavy atom. The van der Waals surface area contributed by atoms with Crippen LogP contribution in [0.25, 0.3) is 10.4 Å². The number of ether oxygens (including phenoxy) is 1. The first-order valence-electron chi connectivity index (χ1n) is 4.03. The summed E-state index contributed by atoms with van der Waals surface area (Å²) in [4.78, 5) is 13.7. The number of hydrogen-bond acceptors (Lipinski definition) is 3. The fourth-order valence-corrected chi connectivity index (χ4v) is 0.657. The predicted molar refractivity (Wildman–Crippen MR) is 48.1 cm³/mol. The van der Waals surface area contributed by atoms with E-state index in [-0.39, 0.29) is 5.91 Å². The fourth-order valence-electron chi connectivity index (χ4n) is 0.657. The van der Waals surface area contributed by atoms with Gasteiger partial charge in [0.2, 0.25) is 5.91 Å². The molecule has 0 aromatic heterocycles. The first kappa shape index (κ1) is 11.7. The lowest BCUT2D eigenvalue weighted by Gasteiger charge is -2.09. The zero-order valence-corrected chi connectivity index (χ0v) is 7.86. The number of hydrogen-bond donors (Lipinski definition) is 1. The van der Waals surface area contributed by atoms with Crippen molar-refractivity contribution in [2.45, 2.75) is 19.4 Å². The molecule has 0 radical (unpaired) electrons. The highest BCUT2D eigenvalue weighted by Gasteiger charge is 2.09. The molecular weight excluding hydrogens is 172 g/mol. The van der Waals surface area contributed by atoms with E-state index >= 15 is 0 Å². The van der Waals surface area contributed by atoms with Crippen LogP contribution in [0, 0.1) is 0 Å². The highest BCUT2D eigenvalue weighted by molar-refractivity contribution is 5.80. The number of carbonyl (C=O) groups is 1. The Kier molecular flexibility index (Phi) is 6.68. The maximum absolute atomic E-state index is 11.1. The molecular formula is C7H14N4O2. The quantitative estimate of drug-likeness (QED) is 0.288. The van der Waals surface area contributed by atoms with Gasteiger partial charge in [-0.15, -0.1) is 0 Å². The Morgan fingerprint density at radius 2 is 2.46 bits per heavy atom. The van der Waals surface area contributed by atoms with E-state index in [2.05, 4.69) is 15.3 Å². The van der Waals surface area contributed by atoms with Crippen LogP contribution in [0.4, 0.5) is 0 Å². The molecule has 0 heterocycles. The summed E-state index contributed by atoms with van der Waals surface area (Å²) >= 11 is 0. The largest absolute Gasteiger partial charge is 0.372 e. The predicted octanol–water partition coefficient (Wildman–Crippen LogP) is 0.838. The number of rotatable bonds is 6. The van der Waals surface area contributed by atoms with Crippen molar-refractivity contribution >= 4 is 5.91 Å². The van der Waals surface area contributed by atoms with Crippen molar-refractivity contribution in [1.29, 1.82) is 0 Å². The molecule has 0 spiro atoms. The minimum Gasteiger partial charge on any atom is -0.372 e. The normalized spacial score (nSPS) is 11.5. The van der Waals surface area contributed by atoms with E-state index < -0.39 is 6.10 Å². The number of azide groups is 1. The van der Waals surface area contributed by atoms with Crippen molar-refractivity contribution in [2.75, 3.05) is 20.2 Å². The van der Waals surface area contributed by atoms with Crippen LogP contribution in [0.5, 0.6) is 0 Å². The molecule has 13 heavy (non-hydrogen) atoms. The van der Waals surface area contributed by atoms with Crippen molar-refractivity contribution in [1.82, 2.24) is 5.32 Å². The zero-order chi connectivity index (χ0) is 10.1. The molecule has 1 amide bonds. The average Bonchev–Trinajstić information content (AvgIpc) is 2.16. The zero-order valence-electron chi connectivity index (χ0n) is 7.86. The monoisotopic (exact) mass is 186 g/mol. The smallest absolute Gasteiger partial charge is 0.248 e. The van der Waals surface area contributed by atoms with Crippen LogP contribution in [-0.4, -0.2) is 32.2 Å².